The molecule has 1 N–H and O–H groups in total. The molecule has 4 aliphatic heterocycles. The highest BCUT2D eigenvalue weighted by atomic mass is 32.2. The first-order valence-corrected chi connectivity index (χ1v) is 28.3. The van der Waals surface area contributed by atoms with Crippen LogP contribution >= 0.6 is 0 Å². The molecule has 3 aromatic carbocycles. The lowest BCUT2D eigenvalue weighted by Crippen LogP contribution is -2.48. The fraction of sp³-hybridized carbons (Fsp3) is 0.458. The molecule has 5 heterocycles. The second-order valence-corrected chi connectivity index (χ2v) is 22.9. The number of para-hydroxylation sites is 2. The second-order valence-electron chi connectivity index (χ2n) is 21.4. The summed E-state index contributed by atoms with van der Waals surface area (Å²) >= 11 is 0. The number of likely N-dealkylation sites (tertiary alicyclic amines) is 1. The number of nitriles is 1. The van der Waals surface area contributed by atoms with E-state index >= 15 is 0 Å². The van der Waals surface area contributed by atoms with Gasteiger partial charge >= 0.3 is 0 Å². The lowest BCUT2D eigenvalue weighted by atomic mass is 9.81. The van der Waals surface area contributed by atoms with Gasteiger partial charge in [-0.25, -0.2) is 17.2 Å². The largest absolute Gasteiger partial charge is 0.748 e. The predicted molar refractivity (Wildman–Crippen MR) is 293 cm³/mol. The Kier molecular flexibility index (Phi) is 17.8. The third kappa shape index (κ3) is 13.5. The van der Waals surface area contributed by atoms with Crippen LogP contribution in [0.2, 0.25) is 0 Å². The number of fused-ring (bicyclic) bond motifs is 3. The van der Waals surface area contributed by atoms with Crippen LogP contribution in [0.25, 0.3) is 10.9 Å². The van der Waals surface area contributed by atoms with E-state index in [4.69, 9.17) is 4.74 Å². The number of carbonyl (C=O) groups excluding carboxylic acids is 3. The van der Waals surface area contributed by atoms with Crippen LogP contribution in [0.15, 0.2) is 115 Å². The van der Waals surface area contributed by atoms with Crippen LogP contribution < -0.4 is 15.0 Å². The molecule has 0 unspecified atom stereocenters. The summed E-state index contributed by atoms with van der Waals surface area (Å²) in [5.74, 6) is -4.12. The number of benzene rings is 3. The highest BCUT2D eigenvalue weighted by molar-refractivity contribution is 7.85. The zero-order valence-corrected chi connectivity index (χ0v) is 45.4. The van der Waals surface area contributed by atoms with Gasteiger partial charge in [-0.1, -0.05) is 68.5 Å². The number of unbranched alkanes of at least 4 members (excludes halogenated alkanes) is 3. The Morgan fingerprint density at radius 1 is 0.870 bits per heavy atom. The first-order chi connectivity index (χ1) is 36.8. The normalized spacial score (nSPS) is 19.4. The van der Waals surface area contributed by atoms with Crippen molar-refractivity contribution in [1.29, 1.82) is 5.26 Å². The molecule has 0 saturated carbocycles. The van der Waals surface area contributed by atoms with Crippen molar-refractivity contribution in [2.45, 2.75) is 102 Å². The van der Waals surface area contributed by atoms with Gasteiger partial charge in [-0.05, 0) is 87.9 Å². The number of carbonyl (C=O) groups is 3. The third-order valence-corrected chi connectivity index (χ3v) is 16.1. The van der Waals surface area contributed by atoms with Gasteiger partial charge in [-0.3, -0.25) is 24.3 Å². The molecule has 1 atom stereocenters. The molecule has 15 nitrogen and oxygen atoms in total. The summed E-state index contributed by atoms with van der Waals surface area (Å²) in [4.78, 5) is 50.9. The summed E-state index contributed by atoms with van der Waals surface area (Å²) < 4.78 is 70.1. The van der Waals surface area contributed by atoms with Gasteiger partial charge in [0.1, 0.15) is 18.3 Å². The lowest BCUT2D eigenvalue weighted by molar-refractivity contribution is -0.438. The number of amides is 3. The number of alkyl halides is 2. The molecule has 4 aromatic rings. The number of anilines is 1. The van der Waals surface area contributed by atoms with Gasteiger partial charge in [0, 0.05) is 110 Å². The number of rotatable bonds is 22. The van der Waals surface area contributed by atoms with Gasteiger partial charge in [0.15, 0.2) is 5.71 Å². The quantitative estimate of drug-likeness (QED) is 0.0345. The van der Waals surface area contributed by atoms with Crippen molar-refractivity contribution in [1.82, 2.24) is 25.0 Å². The summed E-state index contributed by atoms with van der Waals surface area (Å²) in [6, 6.07) is 24.1. The first-order valence-electron chi connectivity index (χ1n) is 26.7. The topological polar surface area (TPSA) is 182 Å². The van der Waals surface area contributed by atoms with Crippen molar-refractivity contribution in [3.05, 3.63) is 132 Å². The van der Waals surface area contributed by atoms with Crippen molar-refractivity contribution < 1.29 is 45.4 Å². The molecule has 0 radical (unpaired) electrons. The molecule has 2 saturated heterocycles. The Morgan fingerprint density at radius 3 is 2.39 bits per heavy atom. The van der Waals surface area contributed by atoms with E-state index in [1.165, 1.54) is 34.8 Å². The Morgan fingerprint density at radius 2 is 1.62 bits per heavy atom. The number of pyridine rings is 1. The van der Waals surface area contributed by atoms with Gasteiger partial charge in [0.2, 0.25) is 17.5 Å². The standard InChI is InChI=1S/C59H70F2N8O7S/c1-57(2)47-18-10-12-20-50(47)67(52(57)22-7-5-8-23-53-58(3,4)48-19-11-13-21-51(48)68(53)31-15-16-37-77(73,74)75)30-14-6-9-24-54(70)66-34-32-65(33-35-66)29-17-36-76-44-25-26-49-46(38-44)45(27-28-63-49)56(72)64-41-55(71)69-42-59(60,61)39-43(69)40-62/h5,7-8,10-13,18-23,25-28,38,43H,6,9,14-17,24,29-37,39,41-42H2,1-4H3,(H-,64,72,73,74,75)/t43-/m0/s1. The van der Waals surface area contributed by atoms with Crippen LogP contribution in [0.3, 0.4) is 0 Å². The molecule has 18 heteroatoms. The molecule has 2 fully saturated rings. The minimum Gasteiger partial charge on any atom is -0.748 e. The third-order valence-electron chi connectivity index (χ3n) is 15.3. The summed E-state index contributed by atoms with van der Waals surface area (Å²) in [5, 5.41) is 12.3. The zero-order valence-electron chi connectivity index (χ0n) is 44.6. The van der Waals surface area contributed by atoms with Crippen molar-refractivity contribution in [2.24, 2.45) is 0 Å². The fourth-order valence-corrected chi connectivity index (χ4v) is 11.8. The molecular formula is C59H70F2N8O7S. The van der Waals surface area contributed by atoms with E-state index in [9.17, 15) is 41.4 Å². The molecule has 0 aliphatic carbocycles. The number of hydrogen-bond donors (Lipinski definition) is 1. The van der Waals surface area contributed by atoms with E-state index in [1.807, 2.05) is 17.0 Å². The maximum atomic E-state index is 13.9. The number of ether oxygens (including phenoxy) is 1. The van der Waals surface area contributed by atoms with E-state index < -0.39 is 53.4 Å². The summed E-state index contributed by atoms with van der Waals surface area (Å²) in [7, 11) is -4.26. The smallest absolute Gasteiger partial charge is 0.268 e. The lowest BCUT2D eigenvalue weighted by Gasteiger charge is -2.34. The van der Waals surface area contributed by atoms with Crippen LogP contribution in [-0.2, 0) is 30.5 Å². The molecule has 77 heavy (non-hydrogen) atoms. The number of nitrogens with one attached hydrogen (secondary N) is 1. The molecule has 408 valence electrons. The molecule has 1 aromatic heterocycles. The van der Waals surface area contributed by atoms with E-state index in [2.05, 4.69) is 119 Å². The van der Waals surface area contributed by atoms with Crippen molar-refractivity contribution in [3.63, 3.8) is 0 Å². The van der Waals surface area contributed by atoms with Crippen LogP contribution in [0, 0.1) is 11.3 Å². The Balaban J connectivity index is 0.773. The number of hydrogen-bond acceptors (Lipinski definition) is 11. The Labute approximate surface area is 451 Å². The summed E-state index contributed by atoms with van der Waals surface area (Å²) in [6.45, 7) is 13.1. The van der Waals surface area contributed by atoms with Gasteiger partial charge in [0.25, 0.3) is 11.8 Å². The average Bonchev–Trinajstić information content (AvgIpc) is 4.12. The van der Waals surface area contributed by atoms with E-state index in [0.717, 1.165) is 68.1 Å². The molecule has 8 rings (SSSR count). The number of allylic oxidation sites excluding steroid dienone is 6. The van der Waals surface area contributed by atoms with Crippen molar-refractivity contribution in [3.8, 4) is 11.8 Å². The fourth-order valence-electron chi connectivity index (χ4n) is 11.2. The van der Waals surface area contributed by atoms with Crippen LogP contribution in [0.5, 0.6) is 5.75 Å². The maximum Gasteiger partial charge on any atom is 0.268 e. The highest BCUT2D eigenvalue weighted by Gasteiger charge is 2.47. The van der Waals surface area contributed by atoms with E-state index in [1.54, 1.807) is 24.3 Å². The summed E-state index contributed by atoms with van der Waals surface area (Å²) in [5.41, 5.74) is 7.44. The minimum atomic E-state index is -4.26. The SMILES string of the molecule is CC1(C)C(/C=C/C=C/C=C2\N(CCCCS(=O)(=O)[O-])c3ccccc3C2(C)C)=[N+](CCCCCC(=O)N2CCN(CCCOc3ccc4nccc(C(=O)NCC(=O)N5CC(F)(F)C[C@H]5C#N)c4c3)CC2)c2ccccc21. The van der Waals surface area contributed by atoms with Gasteiger partial charge < -0.3 is 29.3 Å². The Hall–Kier alpha value is -6.81. The van der Waals surface area contributed by atoms with Crippen LogP contribution in [0.4, 0.5) is 20.2 Å². The number of aromatic nitrogens is 1. The molecular weight excluding hydrogens is 1000 g/mol. The molecule has 0 bridgehead atoms. The second kappa shape index (κ2) is 24.2. The minimum absolute atomic E-state index is 0.189. The highest BCUT2D eigenvalue weighted by Crippen LogP contribution is 2.48. The van der Waals surface area contributed by atoms with Crippen molar-refractivity contribution >= 4 is 55.8 Å². The van der Waals surface area contributed by atoms with Crippen LogP contribution in [0.1, 0.15) is 101 Å². The van der Waals surface area contributed by atoms with Crippen LogP contribution in [-0.4, -0.2) is 144 Å². The Bertz CT molecular complexity index is 3120. The van der Waals surface area contributed by atoms with Gasteiger partial charge in [0.05, 0.1) is 52.4 Å². The van der Waals surface area contributed by atoms with Crippen molar-refractivity contribution in [2.75, 3.05) is 76.2 Å². The molecule has 4 aliphatic rings. The number of halogens is 2. The maximum absolute atomic E-state index is 13.9. The first kappa shape index (κ1) is 56.4. The predicted octanol–water partition coefficient (Wildman–Crippen LogP) is 8.39. The molecule has 3 amide bonds. The van der Waals surface area contributed by atoms with Gasteiger partial charge in [-0.15, -0.1) is 0 Å². The monoisotopic (exact) mass is 1070 g/mol. The zero-order chi connectivity index (χ0) is 55.0. The van der Waals surface area contributed by atoms with Gasteiger partial charge in [-0.2, -0.15) is 9.84 Å². The summed E-state index contributed by atoms with van der Waals surface area (Å²) in [6.07, 6.45) is 16.1. The number of piperazine rings is 1. The number of nitrogens with zero attached hydrogens (tertiary/aromatic N) is 7. The molecule has 0 spiro atoms. The van der Waals surface area contributed by atoms with E-state index in [0.29, 0.717) is 62.2 Å². The van der Waals surface area contributed by atoms with E-state index in [-0.39, 0.29) is 28.1 Å². The average molecular weight is 1070 g/mol.